The van der Waals surface area contributed by atoms with Crippen LogP contribution in [0.3, 0.4) is 0 Å². The highest BCUT2D eigenvalue weighted by Crippen LogP contribution is 2.57. The number of anilines is 1. The molecule has 1 spiro atoms. The van der Waals surface area contributed by atoms with Crippen molar-refractivity contribution < 1.29 is 4.74 Å². The summed E-state index contributed by atoms with van der Waals surface area (Å²) in [4.78, 5) is 11.6. The number of hydrogen-bond donors (Lipinski definition) is 0. The van der Waals surface area contributed by atoms with Crippen molar-refractivity contribution in [3.8, 4) is 0 Å². The molecule has 2 aromatic heterocycles. The Labute approximate surface area is 135 Å². The van der Waals surface area contributed by atoms with Crippen LogP contribution in [0, 0.1) is 11.3 Å². The second-order valence-electron chi connectivity index (χ2n) is 7.44. The zero-order valence-electron chi connectivity index (χ0n) is 13.6. The van der Waals surface area contributed by atoms with Gasteiger partial charge in [-0.3, -0.25) is 4.68 Å². The van der Waals surface area contributed by atoms with Gasteiger partial charge in [0, 0.05) is 38.3 Å². The third-order valence-corrected chi connectivity index (χ3v) is 6.29. The molecule has 2 aromatic rings. The van der Waals surface area contributed by atoms with Crippen LogP contribution < -0.4 is 4.90 Å². The van der Waals surface area contributed by atoms with E-state index >= 15 is 0 Å². The fourth-order valence-corrected chi connectivity index (χ4v) is 5.01. The van der Waals surface area contributed by atoms with Gasteiger partial charge in [-0.05, 0) is 31.6 Å². The topological polar surface area (TPSA) is 56.1 Å². The molecule has 0 aromatic carbocycles. The van der Waals surface area contributed by atoms with Gasteiger partial charge >= 0.3 is 0 Å². The van der Waals surface area contributed by atoms with Gasteiger partial charge in [-0.15, -0.1) is 0 Å². The lowest BCUT2D eigenvalue weighted by Crippen LogP contribution is -2.70. The highest BCUT2D eigenvalue weighted by Gasteiger charge is 2.58. The van der Waals surface area contributed by atoms with Crippen molar-refractivity contribution >= 4 is 16.9 Å². The standard InChI is InChI=1S/C17H23N5O/c1-21-15-13(9-20-21)16(19-11-18-15)22-10-17(5-2-6-17)14(22)12-3-7-23-8-4-12/h9,11-12,14H,2-8,10H2,1H3/t14-/m1/s1. The molecule has 3 aliphatic rings. The molecule has 6 heteroatoms. The average Bonchev–Trinajstić information content (AvgIpc) is 2.89. The molecular weight excluding hydrogens is 290 g/mol. The SMILES string of the molecule is Cn1ncc2c(N3CC4(CCC4)[C@H]3C3CCOCC3)ncnc21. The van der Waals surface area contributed by atoms with Crippen molar-refractivity contribution in [1.82, 2.24) is 19.7 Å². The molecule has 1 saturated carbocycles. The fourth-order valence-electron chi connectivity index (χ4n) is 5.01. The van der Waals surface area contributed by atoms with E-state index in [2.05, 4.69) is 20.0 Å². The summed E-state index contributed by atoms with van der Waals surface area (Å²) in [6.07, 6.45) is 10.1. The van der Waals surface area contributed by atoms with Crippen molar-refractivity contribution in [3.05, 3.63) is 12.5 Å². The first kappa shape index (κ1) is 13.7. The number of ether oxygens (including phenoxy) is 1. The number of hydrogen-bond acceptors (Lipinski definition) is 5. The zero-order chi connectivity index (χ0) is 15.4. The fraction of sp³-hybridized carbons (Fsp3) is 0.706. The number of rotatable bonds is 2. The van der Waals surface area contributed by atoms with Crippen LogP contribution in [-0.2, 0) is 11.8 Å². The number of aromatic nitrogens is 4. The normalized spacial score (nSPS) is 27.2. The van der Waals surface area contributed by atoms with Crippen LogP contribution in [0.4, 0.5) is 5.82 Å². The Balaban J connectivity index is 1.53. The minimum atomic E-state index is 0.543. The van der Waals surface area contributed by atoms with Crippen molar-refractivity contribution in [2.45, 2.75) is 38.1 Å². The van der Waals surface area contributed by atoms with E-state index in [1.54, 1.807) is 6.33 Å². The van der Waals surface area contributed by atoms with E-state index in [1.165, 1.54) is 32.1 Å². The smallest absolute Gasteiger partial charge is 0.163 e. The third-order valence-electron chi connectivity index (χ3n) is 6.29. The maximum atomic E-state index is 5.60. The van der Waals surface area contributed by atoms with E-state index in [4.69, 9.17) is 4.74 Å². The molecule has 0 bridgehead atoms. The molecule has 5 rings (SSSR count). The summed E-state index contributed by atoms with van der Waals surface area (Å²) in [7, 11) is 1.94. The summed E-state index contributed by atoms with van der Waals surface area (Å²) in [6, 6.07) is 0.624. The van der Waals surface area contributed by atoms with Gasteiger partial charge in [-0.2, -0.15) is 5.10 Å². The molecule has 0 unspecified atom stereocenters. The molecule has 23 heavy (non-hydrogen) atoms. The molecule has 1 aliphatic carbocycles. The lowest BCUT2D eigenvalue weighted by Gasteiger charge is -2.65. The number of aryl methyl sites for hydroxylation is 1. The van der Waals surface area contributed by atoms with Crippen LogP contribution in [-0.4, -0.2) is 45.5 Å². The first-order valence-electron chi connectivity index (χ1n) is 8.76. The van der Waals surface area contributed by atoms with Gasteiger partial charge in [-0.1, -0.05) is 6.42 Å². The first-order valence-corrected chi connectivity index (χ1v) is 8.76. The Morgan fingerprint density at radius 1 is 1.22 bits per heavy atom. The molecule has 3 fully saturated rings. The molecule has 6 nitrogen and oxygen atoms in total. The van der Waals surface area contributed by atoms with Gasteiger partial charge in [0.1, 0.15) is 12.1 Å². The second kappa shape index (κ2) is 4.90. The Morgan fingerprint density at radius 2 is 2.04 bits per heavy atom. The van der Waals surface area contributed by atoms with E-state index < -0.39 is 0 Å². The number of fused-ring (bicyclic) bond motifs is 1. The second-order valence-corrected chi connectivity index (χ2v) is 7.44. The lowest BCUT2D eigenvalue weighted by molar-refractivity contribution is -0.0367. The maximum absolute atomic E-state index is 5.60. The maximum Gasteiger partial charge on any atom is 0.163 e. The molecule has 1 atom stereocenters. The van der Waals surface area contributed by atoms with E-state index in [1.807, 2.05) is 17.9 Å². The van der Waals surface area contributed by atoms with Crippen molar-refractivity contribution in [2.24, 2.45) is 18.4 Å². The Hall–Kier alpha value is -1.69. The van der Waals surface area contributed by atoms with Gasteiger partial charge in [0.15, 0.2) is 5.65 Å². The minimum absolute atomic E-state index is 0.543. The van der Waals surface area contributed by atoms with E-state index in [0.29, 0.717) is 11.5 Å². The van der Waals surface area contributed by atoms with Crippen LogP contribution in [0.5, 0.6) is 0 Å². The molecule has 0 radical (unpaired) electrons. The van der Waals surface area contributed by atoms with Crippen molar-refractivity contribution in [1.29, 1.82) is 0 Å². The molecule has 0 N–H and O–H groups in total. The quantitative estimate of drug-likeness (QED) is 0.850. The average molecular weight is 313 g/mol. The van der Waals surface area contributed by atoms with E-state index in [0.717, 1.165) is 42.5 Å². The molecular formula is C17H23N5O. The van der Waals surface area contributed by atoms with Gasteiger partial charge in [0.25, 0.3) is 0 Å². The Kier molecular flexibility index (Phi) is 2.92. The van der Waals surface area contributed by atoms with Gasteiger partial charge < -0.3 is 9.64 Å². The van der Waals surface area contributed by atoms with E-state index in [9.17, 15) is 0 Å². The summed E-state index contributed by atoms with van der Waals surface area (Å²) < 4.78 is 7.43. The van der Waals surface area contributed by atoms with E-state index in [-0.39, 0.29) is 0 Å². The van der Waals surface area contributed by atoms with Crippen LogP contribution in [0.2, 0.25) is 0 Å². The van der Waals surface area contributed by atoms with Crippen molar-refractivity contribution in [2.75, 3.05) is 24.7 Å². The lowest BCUT2D eigenvalue weighted by atomic mass is 9.54. The summed E-state index contributed by atoms with van der Waals surface area (Å²) in [5.74, 6) is 1.82. The van der Waals surface area contributed by atoms with Crippen LogP contribution in [0.1, 0.15) is 32.1 Å². The Bertz CT molecular complexity index is 732. The summed E-state index contributed by atoms with van der Waals surface area (Å²) in [5.41, 5.74) is 1.47. The van der Waals surface area contributed by atoms with Crippen LogP contribution >= 0.6 is 0 Å². The third kappa shape index (κ3) is 1.87. The largest absolute Gasteiger partial charge is 0.381 e. The Morgan fingerprint density at radius 3 is 2.78 bits per heavy atom. The summed E-state index contributed by atoms with van der Waals surface area (Å²) in [6.45, 7) is 2.98. The zero-order valence-corrected chi connectivity index (χ0v) is 13.6. The van der Waals surface area contributed by atoms with Crippen LogP contribution in [0.15, 0.2) is 12.5 Å². The molecule has 4 heterocycles. The minimum Gasteiger partial charge on any atom is -0.381 e. The predicted octanol–water partition coefficient (Wildman–Crippen LogP) is 2.15. The summed E-state index contributed by atoms with van der Waals surface area (Å²) >= 11 is 0. The van der Waals surface area contributed by atoms with Gasteiger partial charge in [-0.25, -0.2) is 9.97 Å². The monoisotopic (exact) mass is 313 g/mol. The molecule has 2 aliphatic heterocycles. The molecule has 2 saturated heterocycles. The van der Waals surface area contributed by atoms with Crippen LogP contribution in [0.25, 0.3) is 11.0 Å². The molecule has 0 amide bonds. The molecule has 122 valence electrons. The number of nitrogens with zero attached hydrogens (tertiary/aromatic N) is 5. The highest BCUT2D eigenvalue weighted by atomic mass is 16.5. The van der Waals surface area contributed by atoms with Crippen molar-refractivity contribution in [3.63, 3.8) is 0 Å². The highest BCUT2D eigenvalue weighted by molar-refractivity contribution is 5.87. The predicted molar refractivity (Wildman–Crippen MR) is 87.3 cm³/mol. The van der Waals surface area contributed by atoms with Gasteiger partial charge in [0.05, 0.1) is 11.6 Å². The van der Waals surface area contributed by atoms with Gasteiger partial charge in [0.2, 0.25) is 0 Å². The summed E-state index contributed by atoms with van der Waals surface area (Å²) in [5, 5.41) is 5.46. The first-order chi connectivity index (χ1) is 11.3.